The zero-order chi connectivity index (χ0) is 17.5. The Hall–Kier alpha value is -1.51. The topological polar surface area (TPSA) is 35.5 Å². The van der Waals surface area contributed by atoms with Crippen molar-refractivity contribution in [1.82, 2.24) is 0 Å². The highest BCUT2D eigenvalue weighted by atomic mass is 16.6. The molecule has 0 heterocycles. The number of esters is 1. The summed E-state index contributed by atoms with van der Waals surface area (Å²) in [5, 5.41) is 0. The van der Waals surface area contributed by atoms with Crippen LogP contribution in [0.3, 0.4) is 0 Å². The van der Waals surface area contributed by atoms with Crippen molar-refractivity contribution in [3.8, 4) is 5.75 Å². The lowest BCUT2D eigenvalue weighted by molar-refractivity contribution is -0.146. The van der Waals surface area contributed by atoms with Crippen LogP contribution in [0.4, 0.5) is 0 Å². The molecule has 0 amide bonds. The lowest BCUT2D eigenvalue weighted by atomic mass is 10.1. The molecule has 24 heavy (non-hydrogen) atoms. The number of hydrogen-bond donors (Lipinski definition) is 0. The summed E-state index contributed by atoms with van der Waals surface area (Å²) in [6.07, 6.45) is 11.7. The van der Waals surface area contributed by atoms with E-state index >= 15 is 0 Å². The Labute approximate surface area is 147 Å². The molecule has 1 aromatic carbocycles. The van der Waals surface area contributed by atoms with Gasteiger partial charge >= 0.3 is 5.97 Å². The molecule has 0 spiro atoms. The Balaban J connectivity index is 1.94. The van der Waals surface area contributed by atoms with Crippen molar-refractivity contribution in [3.63, 3.8) is 0 Å². The predicted octanol–water partition coefficient (Wildman–Crippen LogP) is 5.92. The van der Waals surface area contributed by atoms with E-state index in [-0.39, 0.29) is 12.1 Å². The Morgan fingerprint density at radius 3 is 2.12 bits per heavy atom. The number of benzene rings is 1. The number of para-hydroxylation sites is 1. The van der Waals surface area contributed by atoms with Crippen LogP contribution in [0.5, 0.6) is 5.75 Å². The molecule has 0 aliphatic carbocycles. The molecule has 1 rings (SSSR count). The van der Waals surface area contributed by atoms with Crippen molar-refractivity contribution >= 4 is 5.97 Å². The Morgan fingerprint density at radius 2 is 1.50 bits per heavy atom. The number of carbonyl (C=O) groups is 1. The largest absolute Gasteiger partial charge is 0.487 e. The van der Waals surface area contributed by atoms with E-state index in [2.05, 4.69) is 6.92 Å². The molecule has 136 valence electrons. The van der Waals surface area contributed by atoms with Gasteiger partial charge in [0.1, 0.15) is 18.5 Å². The molecule has 1 unspecified atom stereocenters. The SMILES string of the molecule is CCCCCCCCCCCC(=O)OCC(C)Oc1ccccc1. The normalized spacial score (nSPS) is 11.9. The van der Waals surface area contributed by atoms with Gasteiger partial charge in [0.15, 0.2) is 0 Å². The number of hydrogen-bond acceptors (Lipinski definition) is 3. The van der Waals surface area contributed by atoms with E-state index < -0.39 is 0 Å². The quantitative estimate of drug-likeness (QED) is 0.313. The maximum Gasteiger partial charge on any atom is 0.305 e. The first-order valence-electron chi connectivity index (χ1n) is 9.59. The Kier molecular flexibility index (Phi) is 11.9. The summed E-state index contributed by atoms with van der Waals surface area (Å²) in [6.45, 7) is 4.47. The molecule has 0 bridgehead atoms. The molecule has 0 N–H and O–H groups in total. The van der Waals surface area contributed by atoms with E-state index in [1.807, 2.05) is 37.3 Å². The number of unbranched alkanes of at least 4 members (excludes halogenated alkanes) is 8. The van der Waals surface area contributed by atoms with Crippen molar-refractivity contribution in [3.05, 3.63) is 30.3 Å². The minimum atomic E-state index is -0.125. The van der Waals surface area contributed by atoms with Gasteiger partial charge in [-0.05, 0) is 25.5 Å². The zero-order valence-electron chi connectivity index (χ0n) is 15.5. The van der Waals surface area contributed by atoms with Crippen molar-refractivity contribution in [2.75, 3.05) is 6.61 Å². The van der Waals surface area contributed by atoms with E-state index in [1.165, 1.54) is 44.9 Å². The fraction of sp³-hybridized carbons (Fsp3) is 0.667. The third-order valence-electron chi connectivity index (χ3n) is 4.04. The van der Waals surface area contributed by atoms with Crippen LogP contribution < -0.4 is 4.74 Å². The highest BCUT2D eigenvalue weighted by molar-refractivity contribution is 5.69. The molecule has 0 aliphatic heterocycles. The molecular formula is C21H34O3. The standard InChI is InChI=1S/C21H34O3/c1-3-4-5-6-7-8-9-10-14-17-21(22)23-18-19(2)24-20-15-12-11-13-16-20/h11-13,15-16,19H,3-10,14,17-18H2,1-2H3. The molecule has 0 aromatic heterocycles. The van der Waals surface area contributed by atoms with E-state index in [0.717, 1.165) is 18.6 Å². The Morgan fingerprint density at radius 1 is 0.917 bits per heavy atom. The van der Waals surface area contributed by atoms with Crippen molar-refractivity contribution in [1.29, 1.82) is 0 Å². The van der Waals surface area contributed by atoms with Crippen molar-refractivity contribution in [2.24, 2.45) is 0 Å². The summed E-state index contributed by atoms with van der Waals surface area (Å²) in [5.74, 6) is 0.696. The molecule has 3 heteroatoms. The first kappa shape index (κ1) is 20.5. The maximum absolute atomic E-state index is 11.7. The van der Waals surface area contributed by atoms with Gasteiger partial charge in [-0.1, -0.05) is 76.5 Å². The summed E-state index contributed by atoms with van der Waals surface area (Å²) < 4.78 is 11.0. The smallest absolute Gasteiger partial charge is 0.305 e. The number of carbonyl (C=O) groups excluding carboxylic acids is 1. The summed E-state index contributed by atoms with van der Waals surface area (Å²) >= 11 is 0. The third kappa shape index (κ3) is 11.1. The first-order chi connectivity index (χ1) is 11.7. The van der Waals surface area contributed by atoms with Crippen LogP contribution in [0.15, 0.2) is 30.3 Å². The summed E-state index contributed by atoms with van der Waals surface area (Å²) in [6, 6.07) is 9.61. The van der Waals surface area contributed by atoms with Crippen LogP contribution in [0.25, 0.3) is 0 Å². The molecular weight excluding hydrogens is 300 g/mol. The van der Waals surface area contributed by atoms with Crippen molar-refractivity contribution < 1.29 is 14.3 Å². The fourth-order valence-corrected chi connectivity index (χ4v) is 2.63. The average Bonchev–Trinajstić information content (AvgIpc) is 2.59. The minimum Gasteiger partial charge on any atom is -0.487 e. The van der Waals surface area contributed by atoms with Gasteiger partial charge in [0, 0.05) is 6.42 Å². The van der Waals surface area contributed by atoms with E-state index in [4.69, 9.17) is 9.47 Å². The monoisotopic (exact) mass is 334 g/mol. The average molecular weight is 334 g/mol. The molecule has 0 radical (unpaired) electrons. The second-order valence-electron chi connectivity index (χ2n) is 6.50. The van der Waals surface area contributed by atoms with Crippen LogP contribution >= 0.6 is 0 Å². The molecule has 0 aliphatic rings. The van der Waals surface area contributed by atoms with Gasteiger partial charge in [0.2, 0.25) is 0 Å². The minimum absolute atomic E-state index is 0.110. The van der Waals surface area contributed by atoms with Crippen LogP contribution in [0.1, 0.15) is 78.1 Å². The lowest BCUT2D eigenvalue weighted by Crippen LogP contribution is -2.21. The van der Waals surface area contributed by atoms with E-state index in [9.17, 15) is 4.79 Å². The number of ether oxygens (including phenoxy) is 2. The maximum atomic E-state index is 11.7. The molecule has 1 aromatic rings. The molecule has 3 nitrogen and oxygen atoms in total. The van der Waals surface area contributed by atoms with Gasteiger partial charge < -0.3 is 9.47 Å². The fourth-order valence-electron chi connectivity index (χ4n) is 2.63. The highest BCUT2D eigenvalue weighted by Gasteiger charge is 2.08. The van der Waals surface area contributed by atoms with Gasteiger partial charge in [0.05, 0.1) is 0 Å². The molecule has 0 saturated heterocycles. The second-order valence-corrected chi connectivity index (χ2v) is 6.50. The summed E-state index contributed by atoms with van der Waals surface area (Å²) in [7, 11) is 0. The summed E-state index contributed by atoms with van der Waals surface area (Å²) in [4.78, 5) is 11.7. The number of rotatable bonds is 14. The Bertz CT molecular complexity index is 416. The molecule has 1 atom stereocenters. The van der Waals surface area contributed by atoms with Gasteiger partial charge in [-0.2, -0.15) is 0 Å². The van der Waals surface area contributed by atoms with Crippen LogP contribution in [-0.4, -0.2) is 18.7 Å². The predicted molar refractivity (Wildman–Crippen MR) is 99.3 cm³/mol. The van der Waals surface area contributed by atoms with E-state index in [1.54, 1.807) is 0 Å². The van der Waals surface area contributed by atoms with Crippen LogP contribution in [-0.2, 0) is 9.53 Å². The first-order valence-corrected chi connectivity index (χ1v) is 9.59. The van der Waals surface area contributed by atoms with Gasteiger partial charge in [-0.3, -0.25) is 4.79 Å². The second kappa shape index (κ2) is 13.9. The highest BCUT2D eigenvalue weighted by Crippen LogP contribution is 2.12. The molecule has 0 fully saturated rings. The van der Waals surface area contributed by atoms with Crippen LogP contribution in [0.2, 0.25) is 0 Å². The zero-order valence-corrected chi connectivity index (χ0v) is 15.5. The van der Waals surface area contributed by atoms with Crippen molar-refractivity contribution in [2.45, 2.75) is 84.2 Å². The van der Waals surface area contributed by atoms with E-state index in [0.29, 0.717) is 13.0 Å². The van der Waals surface area contributed by atoms with Gasteiger partial charge in [-0.15, -0.1) is 0 Å². The third-order valence-corrected chi connectivity index (χ3v) is 4.04. The van der Waals surface area contributed by atoms with Gasteiger partial charge in [-0.25, -0.2) is 0 Å². The molecule has 0 saturated carbocycles. The lowest BCUT2D eigenvalue weighted by Gasteiger charge is -2.14. The van der Waals surface area contributed by atoms with Crippen LogP contribution in [0, 0.1) is 0 Å². The van der Waals surface area contributed by atoms with Gasteiger partial charge in [0.25, 0.3) is 0 Å². The summed E-state index contributed by atoms with van der Waals surface area (Å²) in [5.41, 5.74) is 0.